The second kappa shape index (κ2) is 4.47. The zero-order valence-electron chi connectivity index (χ0n) is 8.98. The van der Waals surface area contributed by atoms with Gasteiger partial charge in [0.15, 0.2) is 0 Å². The van der Waals surface area contributed by atoms with Crippen LogP contribution in [0, 0.1) is 0 Å². The Morgan fingerprint density at radius 2 is 2.33 bits per heavy atom. The van der Waals surface area contributed by atoms with Gasteiger partial charge in [-0.05, 0) is 6.42 Å². The summed E-state index contributed by atoms with van der Waals surface area (Å²) in [5, 5.41) is 12.9. The van der Waals surface area contributed by atoms with E-state index in [0.29, 0.717) is 19.6 Å². The fourth-order valence-corrected chi connectivity index (χ4v) is 2.15. The molecule has 2 heterocycles. The predicted molar refractivity (Wildman–Crippen MR) is 54.4 cm³/mol. The van der Waals surface area contributed by atoms with Crippen LogP contribution < -0.4 is 5.32 Å². The average Bonchev–Trinajstić information content (AvgIpc) is 2.59. The lowest BCUT2D eigenvalue weighted by Crippen LogP contribution is -2.52. The minimum Gasteiger partial charge on any atom is -0.389 e. The number of aliphatic hydroxyl groups excluding tert-OH is 1. The van der Waals surface area contributed by atoms with Gasteiger partial charge < -0.3 is 20.1 Å². The number of nitrogens with one attached hydrogen (secondary N) is 1. The lowest BCUT2D eigenvalue weighted by molar-refractivity contribution is -0.132. The number of ether oxygens (including phenoxy) is 1. The number of piperidine rings is 1. The molecule has 0 bridgehead atoms. The Bertz CT molecular complexity index is 247. The first-order valence-corrected chi connectivity index (χ1v) is 5.42. The number of aliphatic hydroxyl groups is 1. The van der Waals surface area contributed by atoms with Crippen molar-refractivity contribution >= 4 is 5.91 Å². The normalized spacial score (nSPS) is 37.3. The minimum absolute atomic E-state index is 0.0246. The molecule has 2 fully saturated rings. The number of hydrogen-bond donors (Lipinski definition) is 2. The van der Waals surface area contributed by atoms with Crippen molar-refractivity contribution in [2.45, 2.75) is 31.0 Å². The van der Waals surface area contributed by atoms with Crippen LogP contribution in [0.15, 0.2) is 0 Å². The number of likely N-dealkylation sites (tertiary alicyclic amines) is 1. The highest BCUT2D eigenvalue weighted by atomic mass is 16.5. The van der Waals surface area contributed by atoms with E-state index >= 15 is 0 Å². The third-order valence-corrected chi connectivity index (χ3v) is 3.13. The number of carbonyl (C=O) groups excluding carboxylic acids is 1. The fourth-order valence-electron chi connectivity index (χ4n) is 2.15. The smallest absolute Gasteiger partial charge is 0.222 e. The summed E-state index contributed by atoms with van der Waals surface area (Å²) in [7, 11) is 1.82. The molecule has 5 heteroatoms. The van der Waals surface area contributed by atoms with Gasteiger partial charge in [0.2, 0.25) is 5.91 Å². The molecule has 2 aliphatic rings. The van der Waals surface area contributed by atoms with Crippen LogP contribution in [-0.2, 0) is 9.53 Å². The highest BCUT2D eigenvalue weighted by Gasteiger charge is 2.30. The minimum atomic E-state index is -0.409. The van der Waals surface area contributed by atoms with Gasteiger partial charge in [0.1, 0.15) is 0 Å². The first-order valence-electron chi connectivity index (χ1n) is 5.42. The SMILES string of the molecule is CN1CC(NC2COCC2O)CCC1=O. The molecule has 86 valence electrons. The van der Waals surface area contributed by atoms with E-state index in [1.165, 1.54) is 0 Å². The van der Waals surface area contributed by atoms with Crippen LogP contribution in [0.5, 0.6) is 0 Å². The molecule has 0 aromatic carbocycles. The summed E-state index contributed by atoms with van der Waals surface area (Å²) in [4.78, 5) is 13.0. The third kappa shape index (κ3) is 2.48. The molecule has 3 unspecified atom stereocenters. The average molecular weight is 214 g/mol. The van der Waals surface area contributed by atoms with Gasteiger partial charge in [-0.2, -0.15) is 0 Å². The van der Waals surface area contributed by atoms with Crippen LogP contribution in [0.1, 0.15) is 12.8 Å². The summed E-state index contributed by atoms with van der Waals surface area (Å²) in [6.07, 6.45) is 1.04. The number of likely N-dealkylation sites (N-methyl/N-ethyl adjacent to an activating group) is 1. The van der Waals surface area contributed by atoms with Crippen molar-refractivity contribution in [2.75, 3.05) is 26.8 Å². The number of carbonyl (C=O) groups is 1. The highest BCUT2D eigenvalue weighted by molar-refractivity contribution is 5.76. The number of nitrogens with zero attached hydrogens (tertiary/aromatic N) is 1. The molecule has 0 aromatic rings. The van der Waals surface area contributed by atoms with Gasteiger partial charge in [-0.25, -0.2) is 0 Å². The quantitative estimate of drug-likeness (QED) is 0.616. The third-order valence-electron chi connectivity index (χ3n) is 3.13. The van der Waals surface area contributed by atoms with E-state index in [1.54, 1.807) is 4.90 Å². The molecule has 0 aliphatic carbocycles. The maximum absolute atomic E-state index is 11.3. The first kappa shape index (κ1) is 10.9. The Morgan fingerprint density at radius 1 is 1.53 bits per heavy atom. The van der Waals surface area contributed by atoms with E-state index in [9.17, 15) is 9.90 Å². The second-order valence-electron chi connectivity index (χ2n) is 4.39. The van der Waals surface area contributed by atoms with Crippen LogP contribution in [0.2, 0.25) is 0 Å². The van der Waals surface area contributed by atoms with Crippen LogP contribution in [0.4, 0.5) is 0 Å². The Hall–Kier alpha value is -0.650. The summed E-state index contributed by atoms with van der Waals surface area (Å²) >= 11 is 0. The number of amides is 1. The Morgan fingerprint density at radius 3 is 2.93 bits per heavy atom. The van der Waals surface area contributed by atoms with Gasteiger partial charge in [0.05, 0.1) is 25.4 Å². The maximum Gasteiger partial charge on any atom is 0.222 e. The predicted octanol–water partition coefficient (Wildman–Crippen LogP) is -1.04. The lowest BCUT2D eigenvalue weighted by Gasteiger charge is -2.32. The van der Waals surface area contributed by atoms with E-state index < -0.39 is 6.10 Å². The molecule has 5 nitrogen and oxygen atoms in total. The van der Waals surface area contributed by atoms with Gasteiger partial charge >= 0.3 is 0 Å². The van der Waals surface area contributed by atoms with Crippen molar-refractivity contribution in [1.82, 2.24) is 10.2 Å². The van der Waals surface area contributed by atoms with E-state index in [2.05, 4.69) is 5.32 Å². The van der Waals surface area contributed by atoms with E-state index in [-0.39, 0.29) is 18.0 Å². The van der Waals surface area contributed by atoms with Crippen molar-refractivity contribution in [3.63, 3.8) is 0 Å². The Balaban J connectivity index is 1.82. The largest absolute Gasteiger partial charge is 0.389 e. The van der Waals surface area contributed by atoms with Gasteiger partial charge in [-0.3, -0.25) is 4.79 Å². The number of hydrogen-bond acceptors (Lipinski definition) is 4. The Labute approximate surface area is 89.4 Å². The molecule has 2 aliphatic heterocycles. The van der Waals surface area contributed by atoms with Crippen molar-refractivity contribution < 1.29 is 14.6 Å². The van der Waals surface area contributed by atoms with Crippen LogP contribution >= 0.6 is 0 Å². The number of rotatable bonds is 2. The molecular formula is C10H18N2O3. The molecule has 0 aromatic heterocycles. The molecule has 15 heavy (non-hydrogen) atoms. The molecule has 2 saturated heterocycles. The monoisotopic (exact) mass is 214 g/mol. The summed E-state index contributed by atoms with van der Waals surface area (Å²) in [6.45, 7) is 1.70. The maximum atomic E-state index is 11.3. The lowest BCUT2D eigenvalue weighted by atomic mass is 10.0. The van der Waals surface area contributed by atoms with Gasteiger partial charge in [-0.15, -0.1) is 0 Å². The van der Waals surface area contributed by atoms with E-state index in [1.807, 2.05) is 7.05 Å². The molecule has 3 atom stereocenters. The van der Waals surface area contributed by atoms with Crippen molar-refractivity contribution in [1.29, 1.82) is 0 Å². The fraction of sp³-hybridized carbons (Fsp3) is 0.900. The van der Waals surface area contributed by atoms with Crippen molar-refractivity contribution in [3.8, 4) is 0 Å². The van der Waals surface area contributed by atoms with Gasteiger partial charge in [0, 0.05) is 26.1 Å². The van der Waals surface area contributed by atoms with Crippen LogP contribution in [0.25, 0.3) is 0 Å². The zero-order valence-corrected chi connectivity index (χ0v) is 8.98. The van der Waals surface area contributed by atoms with Crippen molar-refractivity contribution in [2.24, 2.45) is 0 Å². The molecule has 0 saturated carbocycles. The molecular weight excluding hydrogens is 196 g/mol. The van der Waals surface area contributed by atoms with E-state index in [4.69, 9.17) is 4.74 Å². The standard InChI is InChI=1S/C10H18N2O3/c1-12-4-7(2-3-10(12)14)11-8-5-15-6-9(8)13/h7-9,11,13H,2-6H2,1H3. The summed E-state index contributed by atoms with van der Waals surface area (Å²) in [6, 6.07) is 0.311. The summed E-state index contributed by atoms with van der Waals surface area (Å²) in [5.41, 5.74) is 0. The highest BCUT2D eigenvalue weighted by Crippen LogP contribution is 2.13. The first-order chi connectivity index (χ1) is 7.16. The van der Waals surface area contributed by atoms with Gasteiger partial charge in [0.25, 0.3) is 0 Å². The van der Waals surface area contributed by atoms with E-state index in [0.717, 1.165) is 13.0 Å². The van der Waals surface area contributed by atoms with Crippen molar-refractivity contribution in [3.05, 3.63) is 0 Å². The summed E-state index contributed by atoms with van der Waals surface area (Å²) < 4.78 is 5.17. The molecule has 0 spiro atoms. The zero-order chi connectivity index (χ0) is 10.8. The van der Waals surface area contributed by atoms with Gasteiger partial charge in [-0.1, -0.05) is 0 Å². The molecule has 2 rings (SSSR count). The molecule has 0 radical (unpaired) electrons. The summed E-state index contributed by atoms with van der Waals surface area (Å²) in [5.74, 6) is 0.205. The second-order valence-corrected chi connectivity index (χ2v) is 4.39. The Kier molecular flexibility index (Phi) is 3.23. The molecule has 1 amide bonds. The molecule has 2 N–H and O–H groups in total. The topological polar surface area (TPSA) is 61.8 Å². The van der Waals surface area contributed by atoms with Crippen LogP contribution in [0.3, 0.4) is 0 Å². The van der Waals surface area contributed by atoms with Crippen LogP contribution in [-0.4, -0.2) is 60.9 Å².